The van der Waals surface area contributed by atoms with Crippen molar-refractivity contribution in [3.05, 3.63) is 102 Å². The second kappa shape index (κ2) is 8.13. The normalized spacial score (nSPS) is 18.7. The van der Waals surface area contributed by atoms with Crippen LogP contribution in [0.4, 0.5) is 11.4 Å². The summed E-state index contributed by atoms with van der Waals surface area (Å²) in [6.07, 6.45) is 4.41. The molecule has 4 rings (SSSR count). The van der Waals surface area contributed by atoms with Crippen LogP contribution in [0.3, 0.4) is 0 Å². The molecule has 0 fully saturated rings. The van der Waals surface area contributed by atoms with Gasteiger partial charge in [0.2, 0.25) is 0 Å². The summed E-state index contributed by atoms with van der Waals surface area (Å²) in [5.41, 5.74) is 4.26. The molecule has 0 radical (unpaired) electrons. The van der Waals surface area contributed by atoms with Crippen LogP contribution in [0, 0.1) is 0 Å². The van der Waals surface area contributed by atoms with E-state index in [1.165, 1.54) is 0 Å². The number of nitrogens with one attached hydrogen (secondary N) is 1. The van der Waals surface area contributed by atoms with E-state index in [1.54, 1.807) is 6.08 Å². The summed E-state index contributed by atoms with van der Waals surface area (Å²) < 4.78 is 0. The highest BCUT2D eigenvalue weighted by atomic mass is 16.2. The molecule has 2 atom stereocenters. The zero-order valence-corrected chi connectivity index (χ0v) is 16.0. The number of benzene rings is 3. The van der Waals surface area contributed by atoms with Crippen LogP contribution in [0.25, 0.3) is 6.08 Å². The molecular weight excluding hydrogens is 344 g/mol. The first-order valence-electron chi connectivity index (χ1n) is 9.69. The minimum absolute atomic E-state index is 0.0157. The molecule has 3 aromatic carbocycles. The van der Waals surface area contributed by atoms with Crippen molar-refractivity contribution < 1.29 is 4.79 Å². The number of carbonyl (C=O) groups excluding carboxylic acids is 1. The van der Waals surface area contributed by atoms with Gasteiger partial charge in [0, 0.05) is 23.5 Å². The minimum Gasteiger partial charge on any atom is -0.378 e. The van der Waals surface area contributed by atoms with E-state index in [0.29, 0.717) is 0 Å². The zero-order chi connectivity index (χ0) is 19.3. The smallest absolute Gasteiger partial charge is 0.251 e. The topological polar surface area (TPSA) is 32.3 Å². The predicted octanol–water partition coefficient (Wildman–Crippen LogP) is 5.68. The predicted molar refractivity (Wildman–Crippen MR) is 116 cm³/mol. The Hall–Kier alpha value is -3.33. The van der Waals surface area contributed by atoms with Gasteiger partial charge in [-0.1, -0.05) is 66.7 Å². The Morgan fingerprint density at radius 1 is 0.929 bits per heavy atom. The van der Waals surface area contributed by atoms with E-state index >= 15 is 0 Å². The fourth-order valence-corrected chi connectivity index (χ4v) is 3.83. The van der Waals surface area contributed by atoms with Crippen molar-refractivity contribution in [2.24, 2.45) is 0 Å². The molecule has 3 aromatic rings. The third kappa shape index (κ3) is 3.84. The Morgan fingerprint density at radius 3 is 2.32 bits per heavy atom. The third-order valence-electron chi connectivity index (χ3n) is 5.16. The Labute approximate surface area is 166 Å². The van der Waals surface area contributed by atoms with E-state index in [2.05, 4.69) is 30.4 Å². The lowest BCUT2D eigenvalue weighted by Crippen LogP contribution is -2.43. The van der Waals surface area contributed by atoms with Crippen LogP contribution < -0.4 is 10.2 Å². The van der Waals surface area contributed by atoms with Crippen LogP contribution in [0.15, 0.2) is 91.0 Å². The Bertz CT molecular complexity index is 966. The maximum atomic E-state index is 13.0. The van der Waals surface area contributed by atoms with Gasteiger partial charge in [-0.3, -0.25) is 4.79 Å². The van der Waals surface area contributed by atoms with E-state index in [0.717, 1.165) is 28.9 Å². The Balaban J connectivity index is 1.61. The molecule has 140 valence electrons. The molecule has 1 aliphatic heterocycles. The van der Waals surface area contributed by atoms with Gasteiger partial charge in [0.25, 0.3) is 5.91 Å². The number of amides is 1. The molecule has 0 unspecified atom stereocenters. The van der Waals surface area contributed by atoms with Gasteiger partial charge in [0.15, 0.2) is 0 Å². The molecule has 1 amide bonds. The minimum atomic E-state index is 0.0157. The highest BCUT2D eigenvalue weighted by molar-refractivity contribution is 6.05. The lowest BCUT2D eigenvalue weighted by Gasteiger charge is -2.39. The maximum Gasteiger partial charge on any atom is 0.251 e. The quantitative estimate of drug-likeness (QED) is 0.601. The van der Waals surface area contributed by atoms with Gasteiger partial charge >= 0.3 is 0 Å². The van der Waals surface area contributed by atoms with E-state index in [1.807, 2.05) is 77.7 Å². The van der Waals surface area contributed by atoms with Gasteiger partial charge in [-0.05, 0) is 48.7 Å². The largest absolute Gasteiger partial charge is 0.378 e. The first-order chi connectivity index (χ1) is 13.7. The van der Waals surface area contributed by atoms with Gasteiger partial charge in [-0.2, -0.15) is 0 Å². The van der Waals surface area contributed by atoms with E-state index in [4.69, 9.17) is 0 Å². The molecule has 3 nitrogen and oxygen atoms in total. The number of nitrogens with zero attached hydrogens (tertiary/aromatic N) is 1. The number of fused-ring (bicyclic) bond motifs is 1. The fourth-order valence-electron chi connectivity index (χ4n) is 3.83. The van der Waals surface area contributed by atoms with Crippen LogP contribution in [0.2, 0.25) is 0 Å². The highest BCUT2D eigenvalue weighted by Crippen LogP contribution is 2.39. The van der Waals surface area contributed by atoms with Crippen LogP contribution >= 0.6 is 0 Å². The van der Waals surface area contributed by atoms with Crippen LogP contribution in [0.1, 0.15) is 30.5 Å². The van der Waals surface area contributed by atoms with Gasteiger partial charge in [0.1, 0.15) is 0 Å². The zero-order valence-electron chi connectivity index (χ0n) is 16.0. The summed E-state index contributed by atoms with van der Waals surface area (Å²) in [6.45, 7) is 2.11. The average molecular weight is 368 g/mol. The van der Waals surface area contributed by atoms with E-state index < -0.39 is 0 Å². The molecule has 0 bridgehead atoms. The van der Waals surface area contributed by atoms with E-state index in [-0.39, 0.29) is 18.0 Å². The van der Waals surface area contributed by atoms with Gasteiger partial charge in [-0.25, -0.2) is 0 Å². The maximum absolute atomic E-state index is 13.0. The van der Waals surface area contributed by atoms with Crippen molar-refractivity contribution in [2.75, 3.05) is 10.2 Å². The summed E-state index contributed by atoms with van der Waals surface area (Å²) in [4.78, 5) is 14.9. The third-order valence-corrected chi connectivity index (χ3v) is 5.16. The van der Waals surface area contributed by atoms with Crippen molar-refractivity contribution >= 4 is 23.4 Å². The van der Waals surface area contributed by atoms with Gasteiger partial charge in [-0.15, -0.1) is 0 Å². The van der Waals surface area contributed by atoms with Crippen molar-refractivity contribution in [3.8, 4) is 0 Å². The van der Waals surface area contributed by atoms with Crippen molar-refractivity contribution in [3.63, 3.8) is 0 Å². The average Bonchev–Trinajstić information content (AvgIpc) is 2.74. The number of hydrogen-bond donors (Lipinski definition) is 1. The highest BCUT2D eigenvalue weighted by Gasteiger charge is 2.32. The standard InChI is InChI=1S/C25H24N2O/c1-19-18-23(26-21-12-6-3-7-13-21)22-14-8-9-15-24(22)27(19)25(28)17-16-20-10-4-2-5-11-20/h2-17,19,23,26H,18H2,1H3/b17-16+/t19-,23-/m1/s1. The van der Waals surface area contributed by atoms with Crippen LogP contribution in [-0.2, 0) is 4.79 Å². The molecule has 0 aromatic heterocycles. The molecular formula is C25H24N2O. The first kappa shape index (κ1) is 18.1. The lowest BCUT2D eigenvalue weighted by molar-refractivity contribution is -0.114. The Kier molecular flexibility index (Phi) is 5.24. The molecule has 0 spiro atoms. The van der Waals surface area contributed by atoms with Crippen molar-refractivity contribution in [1.82, 2.24) is 0 Å². The van der Waals surface area contributed by atoms with Crippen molar-refractivity contribution in [2.45, 2.75) is 25.4 Å². The Morgan fingerprint density at radius 2 is 1.57 bits per heavy atom. The summed E-state index contributed by atoms with van der Waals surface area (Å²) in [7, 11) is 0. The first-order valence-corrected chi connectivity index (χ1v) is 9.69. The second-order valence-electron chi connectivity index (χ2n) is 7.16. The second-order valence-corrected chi connectivity index (χ2v) is 7.16. The number of para-hydroxylation sites is 2. The monoisotopic (exact) mass is 368 g/mol. The molecule has 3 heteroatoms. The molecule has 1 N–H and O–H groups in total. The summed E-state index contributed by atoms with van der Waals surface area (Å²) in [5.74, 6) is 0.0157. The van der Waals surface area contributed by atoms with Gasteiger partial charge < -0.3 is 10.2 Å². The fraction of sp³-hybridized carbons (Fsp3) is 0.160. The van der Waals surface area contributed by atoms with Gasteiger partial charge in [0.05, 0.1) is 6.04 Å². The van der Waals surface area contributed by atoms with Crippen LogP contribution in [0.5, 0.6) is 0 Å². The molecule has 1 aliphatic rings. The van der Waals surface area contributed by atoms with Crippen molar-refractivity contribution in [1.29, 1.82) is 0 Å². The summed E-state index contributed by atoms with van der Waals surface area (Å²) in [5, 5.41) is 3.63. The van der Waals surface area contributed by atoms with Crippen LogP contribution in [-0.4, -0.2) is 11.9 Å². The molecule has 0 aliphatic carbocycles. The molecule has 0 saturated carbocycles. The number of hydrogen-bond acceptors (Lipinski definition) is 2. The van der Waals surface area contributed by atoms with E-state index in [9.17, 15) is 4.79 Å². The number of anilines is 2. The molecule has 0 saturated heterocycles. The molecule has 1 heterocycles. The number of carbonyl (C=O) groups is 1. The number of rotatable bonds is 4. The lowest BCUT2D eigenvalue weighted by atomic mass is 9.91. The summed E-state index contributed by atoms with van der Waals surface area (Å²) >= 11 is 0. The molecule has 28 heavy (non-hydrogen) atoms. The SMILES string of the molecule is C[C@@H]1C[C@@H](Nc2ccccc2)c2ccccc2N1C(=O)/C=C/c1ccccc1. The summed E-state index contributed by atoms with van der Waals surface area (Å²) in [6, 6.07) is 28.6.